The van der Waals surface area contributed by atoms with Gasteiger partial charge in [-0.25, -0.2) is 0 Å². The van der Waals surface area contributed by atoms with Crippen LogP contribution < -0.4 is 4.74 Å². The van der Waals surface area contributed by atoms with Gasteiger partial charge in [-0.15, -0.1) is 0 Å². The zero-order chi connectivity index (χ0) is 11.1. The number of hydrogen-bond donors (Lipinski definition) is 1. The van der Waals surface area contributed by atoms with Crippen molar-refractivity contribution in [2.75, 3.05) is 7.11 Å². The van der Waals surface area contributed by atoms with E-state index in [0.717, 1.165) is 5.56 Å². The minimum absolute atomic E-state index is 0.113. The predicted octanol–water partition coefficient (Wildman–Crippen LogP) is 2.49. The van der Waals surface area contributed by atoms with E-state index in [1.807, 2.05) is 12.1 Å². The predicted molar refractivity (Wildman–Crippen MR) is 58.4 cm³/mol. The molecule has 0 amide bonds. The molecule has 0 bridgehead atoms. The summed E-state index contributed by atoms with van der Waals surface area (Å²) in [7, 11) is 1.50. The monoisotopic (exact) mass is 201 g/mol. The highest BCUT2D eigenvalue weighted by Gasteiger charge is 1.99. The van der Waals surface area contributed by atoms with E-state index in [9.17, 15) is 5.11 Å². The van der Waals surface area contributed by atoms with Gasteiger partial charge in [0.25, 0.3) is 0 Å². The summed E-state index contributed by atoms with van der Waals surface area (Å²) in [5, 5.41) is 17.6. The van der Waals surface area contributed by atoms with Crippen LogP contribution in [0.25, 0.3) is 6.08 Å². The van der Waals surface area contributed by atoms with E-state index in [0.29, 0.717) is 5.75 Å². The van der Waals surface area contributed by atoms with Crippen LogP contribution in [-0.4, -0.2) is 12.2 Å². The second-order valence-electron chi connectivity index (χ2n) is 2.78. The molecule has 76 valence electrons. The first-order chi connectivity index (χ1) is 7.27. The van der Waals surface area contributed by atoms with Gasteiger partial charge >= 0.3 is 0 Å². The largest absolute Gasteiger partial charge is 0.504 e. The molecule has 1 N–H and O–H groups in total. The van der Waals surface area contributed by atoms with Gasteiger partial charge in [-0.1, -0.05) is 24.3 Å². The summed E-state index contributed by atoms with van der Waals surface area (Å²) in [5.41, 5.74) is 0.896. The quantitative estimate of drug-likeness (QED) is 0.603. The lowest BCUT2D eigenvalue weighted by Crippen LogP contribution is -1.83. The summed E-state index contributed by atoms with van der Waals surface area (Å²) in [6, 6.07) is 6.92. The summed E-state index contributed by atoms with van der Waals surface area (Å²) in [5.74, 6) is 0.545. The van der Waals surface area contributed by atoms with Crippen LogP contribution in [-0.2, 0) is 0 Å². The summed E-state index contributed by atoms with van der Waals surface area (Å²) in [4.78, 5) is 0. The highest BCUT2D eigenvalue weighted by molar-refractivity contribution is 5.56. The first-order valence-corrected chi connectivity index (χ1v) is 4.37. The number of hydrogen-bond acceptors (Lipinski definition) is 3. The lowest BCUT2D eigenvalue weighted by molar-refractivity contribution is 0.373. The second-order valence-corrected chi connectivity index (χ2v) is 2.78. The standard InChI is InChI=1S/C12H11NO2/c1-15-12-9-10(6-7-11(12)14)5-3-2-4-8-13/h2-7,9,14H,1H3. The van der Waals surface area contributed by atoms with E-state index in [1.54, 1.807) is 30.4 Å². The Kier molecular flexibility index (Phi) is 3.99. The lowest BCUT2D eigenvalue weighted by Gasteiger charge is -2.03. The van der Waals surface area contributed by atoms with E-state index < -0.39 is 0 Å². The Bertz CT molecular complexity index is 428. The van der Waals surface area contributed by atoms with Crippen molar-refractivity contribution in [2.24, 2.45) is 0 Å². The SMILES string of the molecule is COc1cc(C=CC=CC#N)ccc1O. The number of phenolic OH excluding ortho intramolecular Hbond substituents is 1. The Hall–Kier alpha value is -2.21. The number of allylic oxidation sites excluding steroid dienone is 3. The average Bonchev–Trinajstić information content (AvgIpc) is 2.26. The summed E-state index contributed by atoms with van der Waals surface area (Å²) >= 11 is 0. The smallest absolute Gasteiger partial charge is 0.161 e. The van der Waals surface area contributed by atoms with Crippen molar-refractivity contribution in [3.63, 3.8) is 0 Å². The molecule has 0 aromatic heterocycles. The fourth-order valence-electron chi connectivity index (χ4n) is 1.06. The number of benzene rings is 1. The van der Waals surface area contributed by atoms with E-state index >= 15 is 0 Å². The molecule has 0 saturated heterocycles. The third-order valence-corrected chi connectivity index (χ3v) is 1.77. The molecule has 1 rings (SSSR count). The Morgan fingerprint density at radius 2 is 2.20 bits per heavy atom. The minimum atomic E-state index is 0.113. The maximum Gasteiger partial charge on any atom is 0.161 e. The number of ether oxygens (including phenoxy) is 1. The molecule has 0 saturated carbocycles. The van der Waals surface area contributed by atoms with Crippen molar-refractivity contribution in [2.45, 2.75) is 0 Å². The maximum atomic E-state index is 9.34. The van der Waals surface area contributed by atoms with Crippen molar-refractivity contribution in [3.05, 3.63) is 42.0 Å². The number of rotatable bonds is 3. The summed E-state index contributed by atoms with van der Waals surface area (Å²) in [6.07, 6.45) is 6.58. The Morgan fingerprint density at radius 1 is 1.40 bits per heavy atom. The molecule has 0 aliphatic rings. The van der Waals surface area contributed by atoms with Crippen molar-refractivity contribution < 1.29 is 9.84 Å². The van der Waals surface area contributed by atoms with Crippen LogP contribution in [0.15, 0.2) is 36.4 Å². The van der Waals surface area contributed by atoms with Gasteiger partial charge in [0.05, 0.1) is 13.2 Å². The highest BCUT2D eigenvalue weighted by Crippen LogP contribution is 2.26. The molecule has 3 heteroatoms. The van der Waals surface area contributed by atoms with Crippen LogP contribution in [0.3, 0.4) is 0 Å². The molecule has 0 fully saturated rings. The summed E-state index contributed by atoms with van der Waals surface area (Å²) in [6.45, 7) is 0. The average molecular weight is 201 g/mol. The Morgan fingerprint density at radius 3 is 2.87 bits per heavy atom. The normalized spacial score (nSPS) is 10.7. The molecule has 0 unspecified atom stereocenters. The molecule has 15 heavy (non-hydrogen) atoms. The number of phenols is 1. The number of nitrogens with zero attached hydrogens (tertiary/aromatic N) is 1. The zero-order valence-electron chi connectivity index (χ0n) is 8.34. The number of nitriles is 1. The maximum absolute atomic E-state index is 9.34. The van der Waals surface area contributed by atoms with Gasteiger partial charge in [-0.05, 0) is 17.7 Å². The fraction of sp³-hybridized carbons (Fsp3) is 0.0833. The Balaban J connectivity index is 2.84. The van der Waals surface area contributed by atoms with Crippen LogP contribution in [0.4, 0.5) is 0 Å². The van der Waals surface area contributed by atoms with Gasteiger partial charge < -0.3 is 9.84 Å². The van der Waals surface area contributed by atoms with Gasteiger partial charge in [-0.3, -0.25) is 0 Å². The number of methoxy groups -OCH3 is 1. The molecule has 0 radical (unpaired) electrons. The van der Waals surface area contributed by atoms with E-state index in [2.05, 4.69) is 0 Å². The first kappa shape index (κ1) is 10.9. The van der Waals surface area contributed by atoms with Crippen molar-refractivity contribution in [1.29, 1.82) is 5.26 Å². The van der Waals surface area contributed by atoms with Crippen molar-refractivity contribution in [3.8, 4) is 17.6 Å². The molecular weight excluding hydrogens is 190 g/mol. The first-order valence-electron chi connectivity index (χ1n) is 4.37. The molecule has 1 aromatic carbocycles. The molecule has 0 aliphatic carbocycles. The zero-order valence-corrected chi connectivity index (χ0v) is 8.34. The molecule has 0 heterocycles. The topological polar surface area (TPSA) is 53.2 Å². The molecule has 1 aromatic rings. The molecule has 0 aliphatic heterocycles. The lowest BCUT2D eigenvalue weighted by atomic mass is 10.2. The van der Waals surface area contributed by atoms with Crippen LogP contribution in [0, 0.1) is 11.3 Å². The Labute approximate surface area is 88.5 Å². The van der Waals surface area contributed by atoms with Crippen molar-refractivity contribution >= 4 is 6.08 Å². The summed E-state index contributed by atoms with van der Waals surface area (Å²) < 4.78 is 4.96. The minimum Gasteiger partial charge on any atom is -0.504 e. The van der Waals surface area contributed by atoms with Crippen LogP contribution in [0.2, 0.25) is 0 Å². The van der Waals surface area contributed by atoms with Crippen LogP contribution in [0.1, 0.15) is 5.56 Å². The third-order valence-electron chi connectivity index (χ3n) is 1.77. The molecule has 0 atom stereocenters. The van der Waals surface area contributed by atoms with Gasteiger partial charge in [-0.2, -0.15) is 5.26 Å². The van der Waals surface area contributed by atoms with Crippen LogP contribution >= 0.6 is 0 Å². The fourth-order valence-corrected chi connectivity index (χ4v) is 1.06. The molecule has 3 nitrogen and oxygen atoms in total. The third kappa shape index (κ3) is 3.20. The van der Waals surface area contributed by atoms with E-state index in [1.165, 1.54) is 13.2 Å². The van der Waals surface area contributed by atoms with E-state index in [-0.39, 0.29) is 5.75 Å². The second kappa shape index (κ2) is 5.51. The van der Waals surface area contributed by atoms with Crippen LogP contribution in [0.5, 0.6) is 11.5 Å². The van der Waals surface area contributed by atoms with Gasteiger partial charge in [0, 0.05) is 6.08 Å². The molecular formula is C12H11NO2. The highest BCUT2D eigenvalue weighted by atomic mass is 16.5. The van der Waals surface area contributed by atoms with Crippen molar-refractivity contribution in [1.82, 2.24) is 0 Å². The van der Waals surface area contributed by atoms with Gasteiger partial charge in [0.15, 0.2) is 11.5 Å². The van der Waals surface area contributed by atoms with E-state index in [4.69, 9.17) is 10.00 Å². The van der Waals surface area contributed by atoms with Gasteiger partial charge in [0.2, 0.25) is 0 Å². The molecule has 0 spiro atoms. The number of aromatic hydroxyl groups is 1. The van der Waals surface area contributed by atoms with Gasteiger partial charge in [0.1, 0.15) is 0 Å².